The van der Waals surface area contributed by atoms with Gasteiger partial charge in [0.05, 0.1) is 11.6 Å². The summed E-state index contributed by atoms with van der Waals surface area (Å²) in [5.74, 6) is 0.791. The summed E-state index contributed by atoms with van der Waals surface area (Å²) in [5, 5.41) is 4.07. The zero-order chi connectivity index (χ0) is 12.5. The topological polar surface area (TPSA) is 21.3 Å². The lowest BCUT2D eigenvalue weighted by molar-refractivity contribution is 0.306. The molecule has 0 spiro atoms. The molecule has 1 aromatic rings. The van der Waals surface area contributed by atoms with Gasteiger partial charge in [-0.05, 0) is 57.0 Å². The van der Waals surface area contributed by atoms with E-state index in [1.165, 1.54) is 6.42 Å². The molecule has 1 rings (SSSR count). The van der Waals surface area contributed by atoms with Gasteiger partial charge in [-0.1, -0.05) is 24.6 Å². The van der Waals surface area contributed by atoms with Crippen molar-refractivity contribution in [2.45, 2.75) is 33.1 Å². The third-order valence-electron chi connectivity index (χ3n) is 2.52. The molecule has 0 aromatic heterocycles. The Balaban J connectivity index is 2.14. The highest BCUT2D eigenvalue weighted by atomic mass is 35.5. The van der Waals surface area contributed by atoms with Crippen LogP contribution in [0.15, 0.2) is 18.2 Å². The molecular weight excluding hydrogens is 234 g/mol. The summed E-state index contributed by atoms with van der Waals surface area (Å²) >= 11 is 6.07. The number of ether oxygens (including phenoxy) is 1. The van der Waals surface area contributed by atoms with Gasteiger partial charge < -0.3 is 10.1 Å². The summed E-state index contributed by atoms with van der Waals surface area (Å²) in [6, 6.07) is 5.89. The summed E-state index contributed by atoms with van der Waals surface area (Å²) < 4.78 is 5.64. The molecule has 0 saturated heterocycles. The zero-order valence-electron chi connectivity index (χ0n) is 10.8. The van der Waals surface area contributed by atoms with Gasteiger partial charge >= 0.3 is 0 Å². The summed E-state index contributed by atoms with van der Waals surface area (Å²) in [7, 11) is 0. The average molecular weight is 256 g/mol. The van der Waals surface area contributed by atoms with Crippen LogP contribution in [0.25, 0.3) is 0 Å². The molecule has 0 fully saturated rings. The molecule has 0 amide bonds. The molecule has 96 valence electrons. The second-order valence-electron chi connectivity index (χ2n) is 4.24. The largest absolute Gasteiger partial charge is 0.492 e. The molecule has 2 nitrogen and oxygen atoms in total. The van der Waals surface area contributed by atoms with Crippen molar-refractivity contribution in [1.82, 2.24) is 5.32 Å². The molecule has 1 N–H and O–H groups in total. The van der Waals surface area contributed by atoms with Crippen molar-refractivity contribution in [2.75, 3.05) is 19.7 Å². The van der Waals surface area contributed by atoms with Crippen LogP contribution in [-0.2, 0) is 0 Å². The first kappa shape index (κ1) is 14.3. The number of hydrogen-bond acceptors (Lipinski definition) is 2. The maximum atomic E-state index is 6.07. The minimum absolute atomic E-state index is 0.703. The van der Waals surface area contributed by atoms with E-state index in [9.17, 15) is 0 Å². The van der Waals surface area contributed by atoms with Crippen LogP contribution in [0.4, 0.5) is 0 Å². The Kier molecular flexibility index (Phi) is 7.06. The third-order valence-corrected chi connectivity index (χ3v) is 2.81. The fourth-order valence-corrected chi connectivity index (χ4v) is 1.85. The molecule has 0 unspecified atom stereocenters. The number of aryl methyl sites for hydroxylation is 1. The van der Waals surface area contributed by atoms with Crippen molar-refractivity contribution in [2.24, 2.45) is 0 Å². The monoisotopic (exact) mass is 255 g/mol. The van der Waals surface area contributed by atoms with E-state index in [1.54, 1.807) is 0 Å². The van der Waals surface area contributed by atoms with Crippen LogP contribution < -0.4 is 10.1 Å². The van der Waals surface area contributed by atoms with Crippen LogP contribution in [0.2, 0.25) is 5.02 Å². The molecule has 3 heteroatoms. The number of benzene rings is 1. The Hall–Kier alpha value is -0.730. The van der Waals surface area contributed by atoms with E-state index in [-0.39, 0.29) is 0 Å². The van der Waals surface area contributed by atoms with E-state index in [2.05, 4.69) is 12.2 Å². The molecule has 0 bridgehead atoms. The van der Waals surface area contributed by atoms with Gasteiger partial charge in [-0.2, -0.15) is 0 Å². The summed E-state index contributed by atoms with van der Waals surface area (Å²) in [6.07, 6.45) is 3.39. The van der Waals surface area contributed by atoms with Crippen LogP contribution in [0.5, 0.6) is 5.75 Å². The van der Waals surface area contributed by atoms with Crippen molar-refractivity contribution >= 4 is 11.6 Å². The van der Waals surface area contributed by atoms with Gasteiger partial charge in [0.1, 0.15) is 5.75 Å². The Morgan fingerprint density at radius 1 is 1.24 bits per heavy atom. The number of unbranched alkanes of at least 4 members (excludes halogenated alkanes) is 1. The van der Waals surface area contributed by atoms with Crippen LogP contribution in [-0.4, -0.2) is 19.7 Å². The second kappa shape index (κ2) is 8.37. The van der Waals surface area contributed by atoms with Gasteiger partial charge in [-0.25, -0.2) is 0 Å². The predicted octanol–water partition coefficient (Wildman–Crippen LogP) is 3.81. The lowest BCUT2D eigenvalue weighted by Crippen LogP contribution is -2.16. The fraction of sp³-hybridized carbons (Fsp3) is 0.571. The maximum Gasteiger partial charge on any atom is 0.137 e. The van der Waals surface area contributed by atoms with Gasteiger partial charge in [-0.3, -0.25) is 0 Å². The van der Waals surface area contributed by atoms with E-state index < -0.39 is 0 Å². The molecule has 0 atom stereocenters. The molecule has 0 radical (unpaired) electrons. The Bertz CT molecular complexity index is 328. The van der Waals surface area contributed by atoms with Crippen molar-refractivity contribution in [3.05, 3.63) is 28.8 Å². The molecule has 1 aromatic carbocycles. The second-order valence-corrected chi connectivity index (χ2v) is 4.65. The van der Waals surface area contributed by atoms with E-state index in [0.717, 1.165) is 43.9 Å². The molecule has 0 saturated carbocycles. The summed E-state index contributed by atoms with van der Waals surface area (Å²) in [6.45, 7) is 7.10. The normalized spacial score (nSPS) is 10.5. The van der Waals surface area contributed by atoms with Crippen LogP contribution >= 0.6 is 11.6 Å². The zero-order valence-corrected chi connectivity index (χ0v) is 11.5. The van der Waals surface area contributed by atoms with Gasteiger partial charge in [0.2, 0.25) is 0 Å². The summed E-state index contributed by atoms with van der Waals surface area (Å²) in [5.41, 5.74) is 1.16. The number of rotatable bonds is 8. The van der Waals surface area contributed by atoms with Gasteiger partial charge in [0.25, 0.3) is 0 Å². The van der Waals surface area contributed by atoms with Gasteiger partial charge in [0, 0.05) is 0 Å². The summed E-state index contributed by atoms with van der Waals surface area (Å²) in [4.78, 5) is 0. The van der Waals surface area contributed by atoms with Crippen molar-refractivity contribution in [3.8, 4) is 5.75 Å². The lowest BCUT2D eigenvalue weighted by atomic mass is 10.2. The molecule has 0 heterocycles. The van der Waals surface area contributed by atoms with Crippen molar-refractivity contribution < 1.29 is 4.74 Å². The molecular formula is C14H22ClNO. The quantitative estimate of drug-likeness (QED) is 0.714. The fourth-order valence-electron chi connectivity index (χ4n) is 1.56. The van der Waals surface area contributed by atoms with Crippen LogP contribution in [0, 0.1) is 6.92 Å². The third kappa shape index (κ3) is 5.94. The number of nitrogens with one attached hydrogen (secondary N) is 1. The minimum atomic E-state index is 0.703. The maximum absolute atomic E-state index is 6.07. The molecule has 0 aliphatic rings. The number of halogens is 1. The lowest BCUT2D eigenvalue weighted by Gasteiger charge is -2.08. The van der Waals surface area contributed by atoms with Crippen molar-refractivity contribution in [1.29, 1.82) is 0 Å². The van der Waals surface area contributed by atoms with E-state index in [1.807, 2.05) is 25.1 Å². The smallest absolute Gasteiger partial charge is 0.137 e. The predicted molar refractivity (Wildman–Crippen MR) is 74.1 cm³/mol. The standard InChI is InChI=1S/C14H22ClNO/c1-3-8-16-9-4-5-10-17-14-7-6-12(2)11-13(14)15/h6-7,11,16H,3-5,8-10H2,1-2H3. The highest BCUT2D eigenvalue weighted by molar-refractivity contribution is 6.32. The first-order valence-corrected chi connectivity index (χ1v) is 6.71. The first-order chi connectivity index (χ1) is 8.24. The van der Waals surface area contributed by atoms with Crippen LogP contribution in [0.3, 0.4) is 0 Å². The molecule has 0 aliphatic heterocycles. The Morgan fingerprint density at radius 3 is 2.76 bits per heavy atom. The highest BCUT2D eigenvalue weighted by Gasteiger charge is 2.00. The van der Waals surface area contributed by atoms with E-state index >= 15 is 0 Å². The van der Waals surface area contributed by atoms with Crippen molar-refractivity contribution in [3.63, 3.8) is 0 Å². The van der Waals surface area contributed by atoms with Gasteiger partial charge in [-0.15, -0.1) is 0 Å². The molecule has 0 aliphatic carbocycles. The SMILES string of the molecule is CCCNCCCCOc1ccc(C)cc1Cl. The number of hydrogen-bond donors (Lipinski definition) is 1. The average Bonchev–Trinajstić information content (AvgIpc) is 2.30. The Morgan fingerprint density at radius 2 is 2.06 bits per heavy atom. The van der Waals surface area contributed by atoms with E-state index in [4.69, 9.17) is 16.3 Å². The van der Waals surface area contributed by atoms with Gasteiger partial charge in [0.15, 0.2) is 0 Å². The molecule has 17 heavy (non-hydrogen) atoms. The first-order valence-electron chi connectivity index (χ1n) is 6.33. The Labute approximate surface area is 109 Å². The van der Waals surface area contributed by atoms with Crippen LogP contribution in [0.1, 0.15) is 31.7 Å². The highest BCUT2D eigenvalue weighted by Crippen LogP contribution is 2.25. The van der Waals surface area contributed by atoms with E-state index in [0.29, 0.717) is 5.02 Å². The minimum Gasteiger partial charge on any atom is -0.492 e.